The Hall–Kier alpha value is -2.64. The average molecular weight is 430 g/mol. The summed E-state index contributed by atoms with van der Waals surface area (Å²) in [7, 11) is 0. The summed E-state index contributed by atoms with van der Waals surface area (Å²) in [4.78, 5) is 18.8. The molecular weight excluding hydrogens is 402 g/mol. The molecule has 0 N–H and O–H groups in total. The lowest BCUT2D eigenvalue weighted by Gasteiger charge is -2.15. The minimum absolute atomic E-state index is 0.323. The van der Waals surface area contributed by atoms with Gasteiger partial charge in [-0.2, -0.15) is 0 Å². The van der Waals surface area contributed by atoms with Gasteiger partial charge in [0.2, 0.25) is 5.89 Å². The molecule has 1 aromatic carbocycles. The number of hydrogen-bond acceptors (Lipinski definition) is 7. The van der Waals surface area contributed by atoms with E-state index in [1.54, 1.807) is 18.3 Å². The molecule has 0 spiro atoms. The molecule has 30 heavy (non-hydrogen) atoms. The quantitative estimate of drug-likeness (QED) is 0.417. The zero-order valence-electron chi connectivity index (χ0n) is 17.8. The van der Waals surface area contributed by atoms with Crippen LogP contribution in [-0.4, -0.2) is 30.3 Å². The highest BCUT2D eigenvalue weighted by Crippen LogP contribution is 2.29. The van der Waals surface area contributed by atoms with Crippen LogP contribution in [0, 0.1) is 13.8 Å². The Morgan fingerprint density at radius 1 is 1.10 bits per heavy atom. The predicted octanol–water partition coefficient (Wildman–Crippen LogP) is 5.11. The minimum Gasteiger partial charge on any atom is -0.487 e. The van der Waals surface area contributed by atoms with Crippen LogP contribution < -0.4 is 4.74 Å². The van der Waals surface area contributed by atoms with E-state index in [1.165, 1.54) is 4.88 Å². The number of ether oxygens (including phenoxy) is 3. The number of benzene rings is 1. The zero-order valence-corrected chi connectivity index (χ0v) is 18.6. The first-order chi connectivity index (χ1) is 14.5. The van der Waals surface area contributed by atoms with Crippen LogP contribution in [0.1, 0.15) is 35.7 Å². The van der Waals surface area contributed by atoms with Gasteiger partial charge in [0.05, 0.1) is 11.5 Å². The van der Waals surface area contributed by atoms with Crippen LogP contribution >= 0.6 is 11.3 Å². The molecular formula is C23H27NO5S. The third kappa shape index (κ3) is 5.70. The van der Waals surface area contributed by atoms with Crippen molar-refractivity contribution in [2.75, 3.05) is 13.2 Å². The molecule has 0 bridgehead atoms. The van der Waals surface area contributed by atoms with E-state index < -0.39 is 6.10 Å². The van der Waals surface area contributed by atoms with E-state index in [2.05, 4.69) is 18.0 Å². The van der Waals surface area contributed by atoms with Crippen molar-refractivity contribution in [1.29, 1.82) is 0 Å². The summed E-state index contributed by atoms with van der Waals surface area (Å²) in [6.07, 6.45) is -0.141. The monoisotopic (exact) mass is 429 g/mol. The second kappa shape index (κ2) is 10.4. The molecule has 0 radical (unpaired) electrons. The number of esters is 1. The summed E-state index contributed by atoms with van der Waals surface area (Å²) in [5.74, 6) is 1.76. The van der Waals surface area contributed by atoms with Gasteiger partial charge in [-0.3, -0.25) is 0 Å². The maximum atomic E-state index is 12.0. The highest BCUT2D eigenvalue weighted by Gasteiger charge is 2.20. The second-order valence-electron chi connectivity index (χ2n) is 6.76. The van der Waals surface area contributed by atoms with Gasteiger partial charge in [0.25, 0.3) is 0 Å². The van der Waals surface area contributed by atoms with Gasteiger partial charge in [0.1, 0.15) is 23.8 Å². The number of carbonyl (C=O) groups excluding carboxylic acids is 1. The standard InChI is InChI=1S/C23H27NO5S/c1-5-26-20(23(25)27-6-2)13-17-8-10-18(11-9-17)28-14-19-16(4)29-22(24-19)21-12-7-15(3)30-21/h7-12,20H,5-6,13-14H2,1-4H3/t20-/m0/s1. The van der Waals surface area contributed by atoms with Gasteiger partial charge >= 0.3 is 5.97 Å². The van der Waals surface area contributed by atoms with Crippen molar-refractivity contribution in [2.24, 2.45) is 0 Å². The molecule has 6 nitrogen and oxygen atoms in total. The summed E-state index contributed by atoms with van der Waals surface area (Å²) >= 11 is 1.65. The van der Waals surface area contributed by atoms with Crippen molar-refractivity contribution >= 4 is 17.3 Å². The third-order valence-electron chi connectivity index (χ3n) is 4.48. The number of aryl methyl sites for hydroxylation is 2. The van der Waals surface area contributed by atoms with Crippen molar-refractivity contribution < 1.29 is 23.4 Å². The lowest BCUT2D eigenvalue weighted by molar-refractivity contribution is -0.156. The summed E-state index contributed by atoms with van der Waals surface area (Å²) in [6, 6.07) is 11.7. The van der Waals surface area contributed by atoms with Crippen LogP contribution in [0.4, 0.5) is 0 Å². The summed E-state index contributed by atoms with van der Waals surface area (Å²) in [5.41, 5.74) is 1.75. The maximum absolute atomic E-state index is 12.0. The fourth-order valence-electron chi connectivity index (χ4n) is 2.95. The van der Waals surface area contributed by atoms with E-state index >= 15 is 0 Å². The number of nitrogens with zero attached hydrogens (tertiary/aromatic N) is 1. The Labute approximate surface area is 180 Å². The molecule has 160 valence electrons. The molecule has 3 rings (SSSR count). The van der Waals surface area contributed by atoms with Crippen molar-refractivity contribution in [1.82, 2.24) is 4.98 Å². The number of oxazole rings is 1. The molecule has 0 saturated heterocycles. The molecule has 2 heterocycles. The van der Waals surface area contributed by atoms with Crippen LogP contribution in [0.15, 0.2) is 40.8 Å². The SMILES string of the molecule is CCOC(=O)[C@H](Cc1ccc(OCc2nc(-c3ccc(C)s3)oc2C)cc1)OCC. The van der Waals surface area contributed by atoms with Crippen LogP contribution in [0.2, 0.25) is 0 Å². The maximum Gasteiger partial charge on any atom is 0.335 e. The minimum atomic E-state index is -0.598. The fraction of sp³-hybridized carbons (Fsp3) is 0.391. The molecule has 0 aliphatic rings. The Balaban J connectivity index is 1.59. The Kier molecular flexibility index (Phi) is 7.65. The molecule has 0 unspecified atom stereocenters. The number of rotatable bonds is 10. The fourth-order valence-corrected chi connectivity index (χ4v) is 3.74. The van der Waals surface area contributed by atoms with Crippen molar-refractivity contribution in [3.63, 3.8) is 0 Å². The molecule has 0 aliphatic carbocycles. The molecule has 7 heteroatoms. The smallest absolute Gasteiger partial charge is 0.335 e. The Morgan fingerprint density at radius 3 is 2.50 bits per heavy atom. The molecule has 2 aromatic heterocycles. The lowest BCUT2D eigenvalue weighted by atomic mass is 10.1. The molecule has 1 atom stereocenters. The van der Waals surface area contributed by atoms with Crippen LogP contribution in [0.5, 0.6) is 5.75 Å². The normalized spacial score (nSPS) is 12.0. The predicted molar refractivity (Wildman–Crippen MR) is 116 cm³/mol. The highest BCUT2D eigenvalue weighted by atomic mass is 32.1. The number of hydrogen-bond donors (Lipinski definition) is 0. The van der Waals surface area contributed by atoms with E-state index in [0.29, 0.717) is 32.1 Å². The average Bonchev–Trinajstić information content (AvgIpc) is 3.32. The van der Waals surface area contributed by atoms with Crippen LogP contribution in [0.25, 0.3) is 10.8 Å². The summed E-state index contributed by atoms with van der Waals surface area (Å²) in [5, 5.41) is 0. The van der Waals surface area contributed by atoms with E-state index in [4.69, 9.17) is 18.6 Å². The first kappa shape index (κ1) is 22.1. The largest absolute Gasteiger partial charge is 0.487 e. The molecule has 0 aliphatic heterocycles. The van der Waals surface area contributed by atoms with E-state index in [9.17, 15) is 4.79 Å². The third-order valence-corrected chi connectivity index (χ3v) is 5.47. The topological polar surface area (TPSA) is 70.8 Å². The Bertz CT molecular complexity index is 960. The molecule has 0 saturated carbocycles. The number of aromatic nitrogens is 1. The van der Waals surface area contributed by atoms with Gasteiger partial charge in [-0.05, 0) is 57.5 Å². The lowest BCUT2D eigenvalue weighted by Crippen LogP contribution is -2.28. The molecule has 3 aromatic rings. The van der Waals surface area contributed by atoms with Crippen molar-refractivity contribution in [2.45, 2.75) is 46.8 Å². The number of carbonyl (C=O) groups is 1. The first-order valence-electron chi connectivity index (χ1n) is 10.0. The van der Waals surface area contributed by atoms with E-state index in [-0.39, 0.29) is 5.97 Å². The van der Waals surface area contributed by atoms with Crippen molar-refractivity contribution in [3.8, 4) is 16.5 Å². The Morgan fingerprint density at radius 2 is 1.87 bits per heavy atom. The van der Waals surface area contributed by atoms with E-state index in [0.717, 1.165) is 27.6 Å². The van der Waals surface area contributed by atoms with Crippen LogP contribution in [0.3, 0.4) is 0 Å². The van der Waals surface area contributed by atoms with Gasteiger partial charge in [0, 0.05) is 17.9 Å². The summed E-state index contributed by atoms with van der Waals surface area (Å²) < 4.78 is 22.3. The highest BCUT2D eigenvalue weighted by molar-refractivity contribution is 7.15. The number of thiophene rings is 1. The van der Waals surface area contributed by atoms with Gasteiger partial charge < -0.3 is 18.6 Å². The van der Waals surface area contributed by atoms with E-state index in [1.807, 2.05) is 44.2 Å². The second-order valence-corrected chi connectivity index (χ2v) is 8.05. The first-order valence-corrected chi connectivity index (χ1v) is 10.8. The zero-order chi connectivity index (χ0) is 21.5. The summed E-state index contributed by atoms with van der Waals surface area (Å²) in [6.45, 7) is 8.71. The van der Waals surface area contributed by atoms with Gasteiger partial charge in [0.15, 0.2) is 6.10 Å². The van der Waals surface area contributed by atoms with Gasteiger partial charge in [-0.25, -0.2) is 9.78 Å². The molecule has 0 amide bonds. The van der Waals surface area contributed by atoms with Crippen LogP contribution in [-0.2, 0) is 27.3 Å². The van der Waals surface area contributed by atoms with Gasteiger partial charge in [-0.15, -0.1) is 11.3 Å². The van der Waals surface area contributed by atoms with Crippen molar-refractivity contribution in [3.05, 3.63) is 58.3 Å². The molecule has 0 fully saturated rings. The van der Waals surface area contributed by atoms with Gasteiger partial charge in [-0.1, -0.05) is 12.1 Å².